The molecule has 216 valence electrons. The molecule has 5 aromatic rings. The van der Waals surface area contributed by atoms with E-state index >= 15 is 0 Å². The lowest BCUT2D eigenvalue weighted by molar-refractivity contribution is -0.577. The van der Waals surface area contributed by atoms with Crippen molar-refractivity contribution in [2.75, 3.05) is 25.6 Å². The Labute approximate surface area is 240 Å². The second kappa shape index (κ2) is 11.1. The Morgan fingerprint density at radius 1 is 1.26 bits per heavy atom. The third-order valence-electron chi connectivity index (χ3n) is 6.63. The zero-order valence-corrected chi connectivity index (χ0v) is 24.2. The predicted octanol–water partition coefficient (Wildman–Crippen LogP) is -0.0438. The van der Waals surface area contributed by atoms with Gasteiger partial charge >= 0.3 is 5.65 Å². The molecule has 42 heavy (non-hydrogen) atoms. The summed E-state index contributed by atoms with van der Waals surface area (Å²) in [6.07, 6.45) is 6.56. The normalized spacial score (nSPS) is 12.4. The maximum absolute atomic E-state index is 14.0. The molecule has 1 unspecified atom stereocenters. The van der Waals surface area contributed by atoms with Crippen molar-refractivity contribution < 1.29 is 17.7 Å². The van der Waals surface area contributed by atoms with Crippen molar-refractivity contribution in [2.24, 2.45) is 7.05 Å². The van der Waals surface area contributed by atoms with Gasteiger partial charge in [-0.05, 0) is 24.0 Å². The first-order valence-corrected chi connectivity index (χ1v) is 14.5. The van der Waals surface area contributed by atoms with Gasteiger partial charge in [0, 0.05) is 45.5 Å². The van der Waals surface area contributed by atoms with Gasteiger partial charge in [-0.25, -0.2) is 22.8 Å². The van der Waals surface area contributed by atoms with E-state index in [0.717, 1.165) is 4.31 Å². The van der Waals surface area contributed by atoms with Crippen molar-refractivity contribution in [1.29, 1.82) is 0 Å². The third-order valence-corrected chi connectivity index (χ3v) is 8.44. The van der Waals surface area contributed by atoms with Gasteiger partial charge < -0.3 is 11.1 Å². The van der Waals surface area contributed by atoms with Gasteiger partial charge in [0.15, 0.2) is 11.4 Å². The number of benzene rings is 1. The van der Waals surface area contributed by atoms with Gasteiger partial charge in [-0.3, -0.25) is 18.8 Å². The van der Waals surface area contributed by atoms with E-state index < -0.39 is 27.5 Å². The van der Waals surface area contributed by atoms with Gasteiger partial charge in [0.25, 0.3) is 11.5 Å². The number of hydrogen-bond acceptors (Lipinski definition) is 8. The zero-order chi connectivity index (χ0) is 30.2. The Morgan fingerprint density at radius 3 is 2.76 bits per heavy atom. The number of nitrogens with two attached hydrogens (primary N) is 1. The molecule has 1 aromatic carbocycles. The largest absolute Gasteiger partial charge is 0.382 e. The number of aromatic amines is 1. The van der Waals surface area contributed by atoms with E-state index in [4.69, 9.17) is 10.7 Å². The SMILES string of the molecule is CC(NC(=O)c1c(N)[nH][n+]2cccnc12)c1nc2cccc(C#Cc3cnn(C)c3)c2c(=O)n1CCS(=O)(=O)N(C)C. The van der Waals surface area contributed by atoms with Crippen molar-refractivity contribution in [2.45, 2.75) is 19.5 Å². The molecule has 4 heterocycles. The van der Waals surface area contributed by atoms with Crippen LogP contribution in [0.4, 0.5) is 5.82 Å². The van der Waals surface area contributed by atoms with Crippen molar-refractivity contribution in [3.05, 3.63) is 81.9 Å². The fourth-order valence-corrected chi connectivity index (χ4v) is 5.23. The summed E-state index contributed by atoms with van der Waals surface area (Å²) in [5.41, 5.74) is 7.48. The van der Waals surface area contributed by atoms with Crippen molar-refractivity contribution in [1.82, 2.24) is 39.0 Å². The number of amides is 1. The minimum absolute atomic E-state index is 0.108. The Balaban J connectivity index is 1.60. The van der Waals surface area contributed by atoms with Crippen molar-refractivity contribution in [3.8, 4) is 11.8 Å². The van der Waals surface area contributed by atoms with Crippen LogP contribution in [0.3, 0.4) is 0 Å². The summed E-state index contributed by atoms with van der Waals surface area (Å²) in [4.78, 5) is 36.3. The number of carbonyl (C=O) groups excluding carboxylic acids is 1. The summed E-state index contributed by atoms with van der Waals surface area (Å²) >= 11 is 0. The summed E-state index contributed by atoms with van der Waals surface area (Å²) in [5, 5.41) is 10.0. The summed E-state index contributed by atoms with van der Waals surface area (Å²) in [6.45, 7) is 1.45. The lowest BCUT2D eigenvalue weighted by atomic mass is 10.1. The van der Waals surface area contributed by atoms with Crippen LogP contribution in [0.1, 0.15) is 40.3 Å². The standard InChI is InChI=1S/C27H28N10O4S/c1-17(31-26(38)22-23(28)33-37-12-6-11-29-25(22)37)24-32-20-8-5-7-19(10-9-18-15-30-35(4)16-18)21(20)27(39)36(24)13-14-42(40,41)34(2)3/h5-8,11-12,15-17H,13-14H2,1-4H3,(H3,28,31,33,38)/p+1. The van der Waals surface area contributed by atoms with Gasteiger partial charge in [-0.1, -0.05) is 17.9 Å². The van der Waals surface area contributed by atoms with Crippen LogP contribution in [0.25, 0.3) is 16.6 Å². The maximum Gasteiger partial charge on any atom is 0.362 e. The van der Waals surface area contributed by atoms with E-state index in [2.05, 4.69) is 32.3 Å². The highest BCUT2D eigenvalue weighted by Gasteiger charge is 2.28. The smallest absolute Gasteiger partial charge is 0.362 e. The highest BCUT2D eigenvalue weighted by molar-refractivity contribution is 7.89. The lowest BCUT2D eigenvalue weighted by Crippen LogP contribution is -2.37. The van der Waals surface area contributed by atoms with Crippen LogP contribution in [0, 0.1) is 11.8 Å². The number of nitrogens with one attached hydrogen (secondary N) is 2. The fraction of sp³-hybridized carbons (Fsp3) is 0.259. The summed E-state index contributed by atoms with van der Waals surface area (Å²) in [5.74, 6) is 5.39. The minimum atomic E-state index is -3.66. The molecule has 0 aliphatic rings. The highest BCUT2D eigenvalue weighted by atomic mass is 32.2. The molecule has 0 aliphatic heterocycles. The maximum atomic E-state index is 14.0. The van der Waals surface area contributed by atoms with Crippen LogP contribution in [-0.2, 0) is 23.6 Å². The monoisotopic (exact) mass is 589 g/mol. The van der Waals surface area contributed by atoms with Crippen LogP contribution < -0.4 is 21.1 Å². The molecule has 0 radical (unpaired) electrons. The van der Waals surface area contributed by atoms with Gasteiger partial charge in [-0.15, -0.1) is 4.52 Å². The first-order chi connectivity index (χ1) is 20.0. The first kappa shape index (κ1) is 28.5. The van der Waals surface area contributed by atoms with E-state index in [1.165, 1.54) is 29.4 Å². The minimum Gasteiger partial charge on any atom is -0.382 e. The van der Waals surface area contributed by atoms with Crippen LogP contribution in [0.15, 0.2) is 53.8 Å². The topological polar surface area (TPSA) is 178 Å². The van der Waals surface area contributed by atoms with Gasteiger partial charge in [0.05, 0.1) is 34.5 Å². The average Bonchev–Trinajstić information content (AvgIpc) is 3.52. The number of aromatic nitrogens is 7. The number of hydrogen-bond donors (Lipinski definition) is 3. The van der Waals surface area contributed by atoms with E-state index in [0.29, 0.717) is 22.3 Å². The van der Waals surface area contributed by atoms with Crippen LogP contribution in [0.5, 0.6) is 0 Å². The molecule has 5 rings (SSSR count). The number of aryl methyl sites for hydroxylation is 1. The van der Waals surface area contributed by atoms with Gasteiger partial charge in [0.1, 0.15) is 18.2 Å². The number of sulfonamides is 1. The Bertz CT molecular complexity index is 2070. The molecule has 14 nitrogen and oxygen atoms in total. The molecule has 0 bridgehead atoms. The number of fused-ring (bicyclic) bond motifs is 2. The zero-order valence-electron chi connectivity index (χ0n) is 23.4. The number of nitrogen functional groups attached to an aromatic ring is 1. The highest BCUT2D eigenvalue weighted by Crippen LogP contribution is 2.19. The van der Waals surface area contributed by atoms with Crippen LogP contribution >= 0.6 is 0 Å². The first-order valence-electron chi connectivity index (χ1n) is 12.9. The molecule has 0 spiro atoms. The molecule has 1 atom stereocenters. The quantitative estimate of drug-likeness (QED) is 0.175. The molecule has 1 amide bonds. The van der Waals surface area contributed by atoms with Crippen molar-refractivity contribution >= 4 is 38.3 Å². The molecular formula is C27H29N10O4S+. The molecule has 15 heteroatoms. The number of anilines is 1. The predicted molar refractivity (Wildman–Crippen MR) is 155 cm³/mol. The van der Waals surface area contributed by atoms with Crippen LogP contribution in [0.2, 0.25) is 0 Å². The molecule has 0 saturated carbocycles. The van der Waals surface area contributed by atoms with E-state index in [1.807, 2.05) is 0 Å². The number of carbonyl (C=O) groups is 1. The number of H-pyrrole nitrogens is 1. The van der Waals surface area contributed by atoms with E-state index in [9.17, 15) is 18.0 Å². The number of nitrogens with zero attached hydrogens (tertiary/aromatic N) is 7. The summed E-state index contributed by atoms with van der Waals surface area (Å²) in [7, 11) is 0.955. The van der Waals surface area contributed by atoms with Gasteiger partial charge in [-0.2, -0.15) is 5.10 Å². The second-order valence-corrected chi connectivity index (χ2v) is 12.1. The van der Waals surface area contributed by atoms with E-state index in [1.54, 1.807) is 61.5 Å². The summed E-state index contributed by atoms with van der Waals surface area (Å²) < 4.78 is 30.8. The molecule has 0 fully saturated rings. The third kappa shape index (κ3) is 5.45. The number of rotatable bonds is 7. The molecule has 4 N–H and O–H groups in total. The van der Waals surface area contributed by atoms with Gasteiger partial charge in [0.2, 0.25) is 10.0 Å². The average molecular weight is 590 g/mol. The lowest BCUT2D eigenvalue weighted by Gasteiger charge is -2.20. The van der Waals surface area contributed by atoms with Crippen LogP contribution in [-0.4, -0.2) is 67.9 Å². The second-order valence-electron chi connectivity index (χ2n) is 9.79. The fourth-order valence-electron chi connectivity index (χ4n) is 4.46. The van der Waals surface area contributed by atoms with Crippen molar-refractivity contribution in [3.63, 3.8) is 0 Å². The molecular weight excluding hydrogens is 560 g/mol. The van der Waals surface area contributed by atoms with E-state index in [-0.39, 0.29) is 34.9 Å². The molecule has 0 saturated heterocycles. The Kier molecular flexibility index (Phi) is 7.50. The Hall–Kier alpha value is -5.07. The molecule has 0 aliphatic carbocycles. The molecule has 4 aromatic heterocycles. The summed E-state index contributed by atoms with van der Waals surface area (Å²) in [6, 6.07) is 5.96. The Morgan fingerprint density at radius 2 is 2.05 bits per heavy atom.